The third-order valence-electron chi connectivity index (χ3n) is 5.21. The fourth-order valence-electron chi connectivity index (χ4n) is 3.77. The third-order valence-corrected chi connectivity index (χ3v) is 5.21. The fraction of sp³-hybridized carbons (Fsp3) is 0.318. The molecule has 1 fully saturated rings. The summed E-state index contributed by atoms with van der Waals surface area (Å²) in [5.74, 6) is 0.380. The summed E-state index contributed by atoms with van der Waals surface area (Å²) in [7, 11) is 0. The first-order valence-corrected chi connectivity index (χ1v) is 9.58. The minimum absolute atomic E-state index is 0.0284. The molecule has 1 aliphatic rings. The van der Waals surface area contributed by atoms with Crippen LogP contribution >= 0.6 is 0 Å². The average Bonchev–Trinajstić information content (AvgIpc) is 3.36. The lowest BCUT2D eigenvalue weighted by Gasteiger charge is -2.22. The maximum absolute atomic E-state index is 13.9. The number of likely N-dealkylation sites (tertiary alicyclic amines) is 1. The highest BCUT2D eigenvalue weighted by Crippen LogP contribution is 2.39. The van der Waals surface area contributed by atoms with E-state index >= 15 is 0 Å². The molecule has 0 saturated carbocycles. The smallest absolute Gasteiger partial charge is 0.263 e. The van der Waals surface area contributed by atoms with Crippen molar-refractivity contribution < 1.29 is 18.4 Å². The lowest BCUT2D eigenvalue weighted by molar-refractivity contribution is -0.137. The van der Waals surface area contributed by atoms with Crippen LogP contribution in [0, 0.1) is 12.7 Å². The van der Waals surface area contributed by atoms with Crippen molar-refractivity contribution in [2.24, 2.45) is 0 Å². The molecule has 7 heteroatoms. The SMILES string of the molecule is Cc1noc([C@@H]2CN(C(=O)[C@H](C)Oc3ccccc3F)C[C@@H]2c2ccccc2)n1. The van der Waals surface area contributed by atoms with Crippen molar-refractivity contribution in [3.05, 3.63) is 77.7 Å². The molecule has 2 aromatic carbocycles. The number of aryl methyl sites for hydroxylation is 1. The first kappa shape index (κ1) is 19.1. The van der Waals surface area contributed by atoms with Gasteiger partial charge >= 0.3 is 0 Å². The first-order chi connectivity index (χ1) is 14.0. The molecule has 3 aromatic rings. The van der Waals surface area contributed by atoms with Gasteiger partial charge in [-0.25, -0.2) is 4.39 Å². The molecule has 0 radical (unpaired) electrons. The van der Waals surface area contributed by atoms with Crippen molar-refractivity contribution >= 4 is 5.91 Å². The van der Waals surface area contributed by atoms with E-state index in [4.69, 9.17) is 9.26 Å². The number of amides is 1. The Balaban J connectivity index is 1.55. The molecule has 6 nitrogen and oxygen atoms in total. The zero-order chi connectivity index (χ0) is 20.4. The van der Waals surface area contributed by atoms with E-state index in [1.807, 2.05) is 30.3 Å². The molecule has 0 bridgehead atoms. The maximum atomic E-state index is 13.9. The lowest BCUT2D eigenvalue weighted by atomic mass is 9.89. The summed E-state index contributed by atoms with van der Waals surface area (Å²) in [5, 5.41) is 3.90. The molecular formula is C22H22FN3O3. The van der Waals surface area contributed by atoms with Crippen molar-refractivity contribution in [2.75, 3.05) is 13.1 Å². The van der Waals surface area contributed by atoms with Crippen LogP contribution in [0.4, 0.5) is 4.39 Å². The number of rotatable bonds is 5. The van der Waals surface area contributed by atoms with Gasteiger partial charge in [-0.1, -0.05) is 47.6 Å². The zero-order valence-corrected chi connectivity index (χ0v) is 16.3. The van der Waals surface area contributed by atoms with E-state index in [1.54, 1.807) is 30.9 Å². The second-order valence-corrected chi connectivity index (χ2v) is 7.24. The van der Waals surface area contributed by atoms with Gasteiger partial charge < -0.3 is 14.2 Å². The predicted molar refractivity (Wildman–Crippen MR) is 104 cm³/mol. The Morgan fingerprint density at radius 1 is 1.14 bits per heavy atom. The summed E-state index contributed by atoms with van der Waals surface area (Å²) in [6.07, 6.45) is -0.813. The van der Waals surface area contributed by atoms with Crippen LogP contribution in [0.2, 0.25) is 0 Å². The largest absolute Gasteiger partial charge is 0.478 e. The van der Waals surface area contributed by atoms with Crippen molar-refractivity contribution in [3.8, 4) is 5.75 Å². The maximum Gasteiger partial charge on any atom is 0.263 e. The highest BCUT2D eigenvalue weighted by atomic mass is 19.1. The third kappa shape index (κ3) is 3.99. The molecule has 2 heterocycles. The minimum Gasteiger partial charge on any atom is -0.478 e. The van der Waals surface area contributed by atoms with E-state index in [2.05, 4.69) is 10.1 Å². The monoisotopic (exact) mass is 395 g/mol. The van der Waals surface area contributed by atoms with Gasteiger partial charge in [-0.2, -0.15) is 4.98 Å². The number of halogens is 1. The van der Waals surface area contributed by atoms with Crippen LogP contribution in [0.1, 0.15) is 36.0 Å². The van der Waals surface area contributed by atoms with Gasteiger partial charge in [0.2, 0.25) is 5.89 Å². The van der Waals surface area contributed by atoms with Crippen LogP contribution < -0.4 is 4.74 Å². The summed E-state index contributed by atoms with van der Waals surface area (Å²) in [6.45, 7) is 4.34. The molecule has 1 aromatic heterocycles. The van der Waals surface area contributed by atoms with Gasteiger partial charge in [0.05, 0.1) is 5.92 Å². The summed E-state index contributed by atoms with van der Waals surface area (Å²) in [6, 6.07) is 16.0. The van der Waals surface area contributed by atoms with Gasteiger partial charge in [0.1, 0.15) is 0 Å². The van der Waals surface area contributed by atoms with Crippen LogP contribution in [0.5, 0.6) is 5.75 Å². The van der Waals surface area contributed by atoms with Gasteiger partial charge in [-0.15, -0.1) is 0 Å². The zero-order valence-electron chi connectivity index (χ0n) is 16.3. The predicted octanol–water partition coefficient (Wildman–Crippen LogP) is 3.69. The molecule has 0 N–H and O–H groups in total. The fourth-order valence-corrected chi connectivity index (χ4v) is 3.77. The van der Waals surface area contributed by atoms with E-state index in [0.717, 1.165) is 5.56 Å². The molecule has 1 saturated heterocycles. The molecule has 4 rings (SSSR count). The molecule has 3 atom stereocenters. The van der Waals surface area contributed by atoms with Crippen LogP contribution in [0.25, 0.3) is 0 Å². The number of aromatic nitrogens is 2. The Kier molecular flexibility index (Phi) is 5.29. The molecule has 0 unspecified atom stereocenters. The second-order valence-electron chi connectivity index (χ2n) is 7.24. The highest BCUT2D eigenvalue weighted by Gasteiger charge is 2.41. The van der Waals surface area contributed by atoms with E-state index in [0.29, 0.717) is 24.8 Å². The van der Waals surface area contributed by atoms with Crippen molar-refractivity contribution in [1.82, 2.24) is 15.0 Å². The van der Waals surface area contributed by atoms with Crippen molar-refractivity contribution in [2.45, 2.75) is 31.8 Å². The number of benzene rings is 2. The Labute approximate surface area is 168 Å². The Morgan fingerprint density at radius 2 is 1.83 bits per heavy atom. The number of hydrogen-bond donors (Lipinski definition) is 0. The molecule has 0 aliphatic carbocycles. The Bertz CT molecular complexity index is 992. The molecular weight excluding hydrogens is 373 g/mol. The van der Waals surface area contributed by atoms with Crippen LogP contribution in [0.3, 0.4) is 0 Å². The van der Waals surface area contributed by atoms with E-state index in [9.17, 15) is 9.18 Å². The van der Waals surface area contributed by atoms with E-state index < -0.39 is 11.9 Å². The number of nitrogens with zero attached hydrogens (tertiary/aromatic N) is 3. The van der Waals surface area contributed by atoms with E-state index in [1.165, 1.54) is 12.1 Å². The highest BCUT2D eigenvalue weighted by molar-refractivity contribution is 5.81. The first-order valence-electron chi connectivity index (χ1n) is 9.58. The van der Waals surface area contributed by atoms with Crippen molar-refractivity contribution in [3.63, 3.8) is 0 Å². The quantitative estimate of drug-likeness (QED) is 0.659. The number of carbonyl (C=O) groups excluding carboxylic acids is 1. The van der Waals surface area contributed by atoms with Crippen LogP contribution in [-0.4, -0.2) is 40.1 Å². The summed E-state index contributed by atoms with van der Waals surface area (Å²) >= 11 is 0. The van der Waals surface area contributed by atoms with Crippen LogP contribution in [-0.2, 0) is 4.79 Å². The summed E-state index contributed by atoms with van der Waals surface area (Å²) in [4.78, 5) is 19.2. The lowest BCUT2D eigenvalue weighted by Crippen LogP contribution is -2.39. The number of hydrogen-bond acceptors (Lipinski definition) is 5. The number of carbonyl (C=O) groups is 1. The van der Waals surface area contributed by atoms with Gasteiger partial charge in [0.25, 0.3) is 5.91 Å². The summed E-state index contributed by atoms with van der Waals surface area (Å²) in [5.41, 5.74) is 1.10. The van der Waals surface area contributed by atoms with Gasteiger partial charge in [-0.3, -0.25) is 4.79 Å². The van der Waals surface area contributed by atoms with Gasteiger partial charge in [0.15, 0.2) is 23.5 Å². The molecule has 29 heavy (non-hydrogen) atoms. The number of ether oxygens (including phenoxy) is 1. The Morgan fingerprint density at radius 3 is 2.52 bits per heavy atom. The Hall–Kier alpha value is -3.22. The average molecular weight is 395 g/mol. The second kappa shape index (κ2) is 8.03. The number of para-hydroxylation sites is 1. The van der Waals surface area contributed by atoms with Crippen LogP contribution in [0.15, 0.2) is 59.1 Å². The molecule has 1 amide bonds. The van der Waals surface area contributed by atoms with Gasteiger partial charge in [-0.05, 0) is 31.5 Å². The van der Waals surface area contributed by atoms with Gasteiger partial charge in [0, 0.05) is 19.0 Å². The molecule has 0 spiro atoms. The van der Waals surface area contributed by atoms with E-state index in [-0.39, 0.29) is 23.5 Å². The van der Waals surface area contributed by atoms with Crippen molar-refractivity contribution in [1.29, 1.82) is 0 Å². The molecule has 1 aliphatic heterocycles. The topological polar surface area (TPSA) is 68.5 Å². The minimum atomic E-state index is -0.813. The normalized spacial score (nSPS) is 19.9. The standard InChI is InChI=1S/C22H22FN3O3/c1-14(28-20-11-7-6-10-19(20)23)22(27)26-12-17(16-8-4-3-5-9-16)18(13-26)21-24-15(2)25-29-21/h3-11,14,17-18H,12-13H2,1-2H3/t14-,17+,18+/m0/s1. The molecule has 150 valence electrons. The summed E-state index contributed by atoms with van der Waals surface area (Å²) < 4.78 is 24.9.